The quantitative estimate of drug-likeness (QED) is 0.122. The molecule has 45 heavy (non-hydrogen) atoms. The molecular formula is C19H21FN10O11P2S2. The number of anilines is 1. The first-order chi connectivity index (χ1) is 21.3. The lowest BCUT2D eigenvalue weighted by molar-refractivity contribution is -0.0619. The minimum Gasteiger partial charge on any atom is -0.387 e. The third-order valence-electron chi connectivity index (χ3n) is 7.13. The molecule has 7 N–H and O–H groups in total. The van der Waals surface area contributed by atoms with Crippen LogP contribution in [0.2, 0.25) is 0 Å². The van der Waals surface area contributed by atoms with E-state index in [0.29, 0.717) is 0 Å². The zero-order valence-electron chi connectivity index (χ0n) is 22.1. The number of aliphatic hydroxyl groups excluding tert-OH is 1. The lowest BCUT2D eigenvalue weighted by Gasteiger charge is -2.27. The van der Waals surface area contributed by atoms with Gasteiger partial charge in [-0.1, -0.05) is 5.21 Å². The van der Waals surface area contributed by atoms with Crippen LogP contribution in [-0.4, -0.2) is 109 Å². The van der Waals surface area contributed by atoms with E-state index in [1.165, 1.54) is 10.9 Å². The molecule has 3 fully saturated rings. The highest BCUT2D eigenvalue weighted by atomic mass is 32.5. The minimum atomic E-state index is -4.31. The number of nitrogens with two attached hydrogens (primary N) is 1. The second-order valence-corrected chi connectivity index (χ2v) is 15.5. The molecule has 0 aromatic carbocycles. The maximum absolute atomic E-state index is 15.9. The van der Waals surface area contributed by atoms with Crippen LogP contribution in [0.5, 0.6) is 0 Å². The molecule has 26 heteroatoms. The van der Waals surface area contributed by atoms with E-state index in [2.05, 4.69) is 35.2 Å². The Morgan fingerprint density at radius 1 is 0.978 bits per heavy atom. The van der Waals surface area contributed by atoms with Gasteiger partial charge in [-0.15, -0.1) is 5.10 Å². The molecule has 2 unspecified atom stereocenters. The number of imidazole rings is 1. The molecule has 0 spiro atoms. The highest BCUT2D eigenvalue weighted by molar-refractivity contribution is 8.07. The Labute approximate surface area is 257 Å². The van der Waals surface area contributed by atoms with Gasteiger partial charge in [0, 0.05) is 0 Å². The highest BCUT2D eigenvalue weighted by Gasteiger charge is 2.53. The van der Waals surface area contributed by atoms with Crippen LogP contribution in [0.15, 0.2) is 22.2 Å². The number of halogens is 1. The van der Waals surface area contributed by atoms with Gasteiger partial charge in [-0.05, 0) is 23.6 Å². The number of fused-ring (bicyclic) bond motifs is 5. The number of nitrogens with one attached hydrogen (secondary N) is 2. The van der Waals surface area contributed by atoms with Crippen LogP contribution in [0.4, 0.5) is 10.3 Å². The lowest BCUT2D eigenvalue weighted by Crippen LogP contribution is -2.35. The number of ether oxygens (including phenoxy) is 2. The van der Waals surface area contributed by atoms with E-state index in [4.69, 9.17) is 56.9 Å². The molecule has 0 amide bonds. The zero-order valence-corrected chi connectivity index (χ0v) is 25.5. The number of alkyl halides is 1. The van der Waals surface area contributed by atoms with E-state index in [1.807, 2.05) is 0 Å². The zero-order chi connectivity index (χ0) is 31.8. The first-order valence-corrected chi connectivity index (χ1v) is 18.0. The molecule has 4 aromatic heterocycles. The van der Waals surface area contributed by atoms with E-state index in [9.17, 15) is 24.5 Å². The number of hydrogen-bond acceptors (Lipinski definition) is 17. The van der Waals surface area contributed by atoms with E-state index < -0.39 is 86.9 Å². The van der Waals surface area contributed by atoms with Gasteiger partial charge in [-0.3, -0.25) is 28.2 Å². The second-order valence-electron chi connectivity index (χ2n) is 9.95. The first-order valence-electron chi connectivity index (χ1n) is 12.8. The summed E-state index contributed by atoms with van der Waals surface area (Å²) in [6.07, 6.45) is -10.3. The molecule has 3 aliphatic rings. The number of aromatic nitrogens is 9. The molecule has 242 valence electrons. The van der Waals surface area contributed by atoms with Gasteiger partial charge in [0.15, 0.2) is 41.0 Å². The Morgan fingerprint density at radius 2 is 1.67 bits per heavy atom. The van der Waals surface area contributed by atoms with Gasteiger partial charge in [0.2, 0.25) is 5.95 Å². The van der Waals surface area contributed by atoms with Crippen LogP contribution in [0.1, 0.15) is 12.5 Å². The Hall–Kier alpha value is -2.70. The third-order valence-corrected chi connectivity index (χ3v) is 10.2. The summed E-state index contributed by atoms with van der Waals surface area (Å²) in [6, 6.07) is 0. The number of hydrogen-bond donors (Lipinski definition) is 6. The average molecular weight is 711 g/mol. The predicted octanol–water partition coefficient (Wildman–Crippen LogP) is -2.03. The van der Waals surface area contributed by atoms with Crippen molar-refractivity contribution in [3.8, 4) is 0 Å². The van der Waals surface area contributed by atoms with Crippen molar-refractivity contribution in [1.29, 1.82) is 0 Å². The summed E-state index contributed by atoms with van der Waals surface area (Å²) in [4.78, 5) is 63.0. The maximum Gasteiger partial charge on any atom is 0.325 e. The summed E-state index contributed by atoms with van der Waals surface area (Å²) >= 11 is 10.3. The average Bonchev–Trinajstić information content (AvgIpc) is 3.72. The molecule has 0 radical (unpaired) electrons. The normalized spacial score (nSPS) is 37.7. The molecular weight excluding hydrogens is 689 g/mol. The Morgan fingerprint density at radius 3 is 2.42 bits per heavy atom. The Kier molecular flexibility index (Phi) is 7.71. The molecule has 7 heterocycles. The summed E-state index contributed by atoms with van der Waals surface area (Å²) in [6.45, 7) is -9.90. The monoisotopic (exact) mass is 710 g/mol. The smallest absolute Gasteiger partial charge is 0.325 e. The summed E-state index contributed by atoms with van der Waals surface area (Å²) < 4.78 is 51.9. The largest absolute Gasteiger partial charge is 0.387 e. The fourth-order valence-corrected chi connectivity index (χ4v) is 7.98. The number of aliphatic hydroxyl groups is 1. The van der Waals surface area contributed by atoms with Gasteiger partial charge >= 0.3 is 13.4 Å². The standard InChI is InChI=1S/C19H21FN10O11P2S2/c20-7-11-6(39-17(7)30-13-9(27-28-30)15(32)23-3-22-13)2-37-43(35,45)41-12-10(31)5(1-36-42(34,44)40-11)38-18(12)29-4-24-8-14(29)25-19(21)26-16(8)33/h3-7,10-12,17-18,31H,1-2H2,(H,34,44)(H,35,45)(H,22,23,32)(H3,21,25,26,33)/t5-,6-,7+,10-,11-,12-,17-,18-,42?,43?/m1/s1. The van der Waals surface area contributed by atoms with Crippen molar-refractivity contribution in [1.82, 2.24) is 44.5 Å². The van der Waals surface area contributed by atoms with Crippen LogP contribution >= 0.6 is 13.4 Å². The van der Waals surface area contributed by atoms with Crippen molar-refractivity contribution in [3.63, 3.8) is 0 Å². The molecule has 0 aliphatic carbocycles. The SMILES string of the molecule is Nc1nc2c(ncn2[C@@H]2O[C@@H]3COP(O)(=S)O[C@H]4[C@H](F)[C@H](n5nnc6c(=O)[nH]cnc65)O[C@@H]4COP(O)(=S)O[C@@H]2[C@@H]3O)c(=O)[nH]1. The topological polar surface area (TPSA) is 282 Å². The van der Waals surface area contributed by atoms with Crippen molar-refractivity contribution >= 4 is 65.3 Å². The number of nitrogens with zero attached hydrogens (tertiary/aromatic N) is 7. The molecule has 0 saturated carbocycles. The minimum absolute atomic E-state index is 0.0492. The fourth-order valence-electron chi connectivity index (χ4n) is 5.13. The van der Waals surface area contributed by atoms with E-state index in [-0.39, 0.29) is 28.3 Å². The maximum atomic E-state index is 15.9. The molecule has 3 saturated heterocycles. The van der Waals surface area contributed by atoms with Gasteiger partial charge in [0.25, 0.3) is 11.1 Å². The van der Waals surface area contributed by atoms with Crippen molar-refractivity contribution in [2.45, 2.75) is 49.1 Å². The van der Waals surface area contributed by atoms with E-state index in [1.54, 1.807) is 0 Å². The summed E-state index contributed by atoms with van der Waals surface area (Å²) in [5.74, 6) is -0.238. The van der Waals surface area contributed by atoms with Crippen LogP contribution in [0.3, 0.4) is 0 Å². The number of aromatic amines is 2. The van der Waals surface area contributed by atoms with Crippen LogP contribution < -0.4 is 16.9 Å². The van der Waals surface area contributed by atoms with Gasteiger partial charge < -0.3 is 44.1 Å². The van der Waals surface area contributed by atoms with Gasteiger partial charge in [0.05, 0.1) is 25.9 Å². The molecule has 21 nitrogen and oxygen atoms in total. The lowest BCUT2D eigenvalue weighted by atomic mass is 10.1. The summed E-state index contributed by atoms with van der Waals surface area (Å²) in [5.41, 5.74) is 3.93. The first kappa shape index (κ1) is 30.9. The number of nitrogen functional groups attached to an aromatic ring is 1. The Balaban J connectivity index is 1.21. The molecule has 3 aliphatic heterocycles. The number of H-pyrrole nitrogens is 2. The highest BCUT2D eigenvalue weighted by Crippen LogP contribution is 2.54. The predicted molar refractivity (Wildman–Crippen MR) is 152 cm³/mol. The van der Waals surface area contributed by atoms with Crippen molar-refractivity contribution < 1.29 is 46.9 Å². The summed E-state index contributed by atoms with van der Waals surface area (Å²) in [7, 11) is 0. The van der Waals surface area contributed by atoms with E-state index >= 15 is 4.39 Å². The third kappa shape index (κ3) is 5.54. The van der Waals surface area contributed by atoms with Crippen LogP contribution in [0, 0.1) is 0 Å². The molecule has 10 atom stereocenters. The molecule has 4 aromatic rings. The van der Waals surface area contributed by atoms with Crippen molar-refractivity contribution in [2.24, 2.45) is 0 Å². The Bertz CT molecular complexity index is 2010. The van der Waals surface area contributed by atoms with Gasteiger partial charge in [-0.2, -0.15) is 9.67 Å². The molecule has 2 bridgehead atoms. The van der Waals surface area contributed by atoms with Gasteiger partial charge in [-0.25, -0.2) is 14.4 Å². The van der Waals surface area contributed by atoms with Crippen molar-refractivity contribution in [2.75, 3.05) is 18.9 Å². The van der Waals surface area contributed by atoms with Gasteiger partial charge in [0.1, 0.15) is 30.5 Å². The fraction of sp³-hybridized carbons (Fsp3) is 0.526. The van der Waals surface area contributed by atoms with E-state index in [0.717, 1.165) is 11.0 Å². The number of rotatable bonds is 2. The second kappa shape index (κ2) is 11.2. The van der Waals surface area contributed by atoms with Crippen LogP contribution in [0.25, 0.3) is 22.3 Å². The van der Waals surface area contributed by atoms with Crippen LogP contribution in [-0.2, 0) is 51.2 Å². The summed E-state index contributed by atoms with van der Waals surface area (Å²) in [5, 5.41) is 18.6. The molecule has 7 rings (SSSR count). The van der Waals surface area contributed by atoms with Crippen molar-refractivity contribution in [3.05, 3.63) is 33.4 Å².